The van der Waals surface area contributed by atoms with Gasteiger partial charge in [0, 0.05) is 5.41 Å². The van der Waals surface area contributed by atoms with Crippen molar-refractivity contribution in [3.63, 3.8) is 0 Å². The van der Waals surface area contributed by atoms with E-state index in [4.69, 9.17) is 9.47 Å². The molecule has 0 amide bonds. The third-order valence-electron chi connectivity index (χ3n) is 16.9. The maximum Gasteiger partial charge on any atom is 0.118 e. The molecule has 0 aromatic heterocycles. The first-order valence-electron chi connectivity index (χ1n) is 26.4. The third-order valence-corrected chi connectivity index (χ3v) is 16.9. The van der Waals surface area contributed by atoms with E-state index in [9.17, 15) is 0 Å². The van der Waals surface area contributed by atoms with Gasteiger partial charge in [0.05, 0.1) is 14.2 Å². The van der Waals surface area contributed by atoms with E-state index in [0.29, 0.717) is 0 Å². The van der Waals surface area contributed by atoms with E-state index in [0.717, 1.165) is 24.3 Å². The molecule has 0 unspecified atom stereocenters. The van der Waals surface area contributed by atoms with Gasteiger partial charge in [-0.3, -0.25) is 0 Å². The molecule has 1 aliphatic carbocycles. The first-order valence-corrected chi connectivity index (χ1v) is 26.4. The minimum atomic E-state index is -0.180. The number of rotatable bonds is 9. The van der Waals surface area contributed by atoms with Crippen LogP contribution in [-0.2, 0) is 5.41 Å². The first kappa shape index (κ1) is 44.7. The van der Waals surface area contributed by atoms with Gasteiger partial charge in [0.1, 0.15) is 11.5 Å². The average molecular weight is 963 g/mol. The summed E-state index contributed by atoms with van der Waals surface area (Å²) in [6.07, 6.45) is 1.98. The molecule has 75 heavy (non-hydrogen) atoms. The van der Waals surface area contributed by atoms with Crippen molar-refractivity contribution in [2.75, 3.05) is 14.2 Å². The second-order valence-electron chi connectivity index (χ2n) is 20.3. The van der Waals surface area contributed by atoms with Crippen molar-refractivity contribution in [3.05, 3.63) is 242 Å². The van der Waals surface area contributed by atoms with Crippen LogP contribution < -0.4 is 9.47 Å². The Morgan fingerprint density at radius 2 is 0.493 bits per heavy atom. The normalized spacial score (nSPS) is 12.7. The number of hydrogen-bond acceptors (Lipinski definition) is 2. The minimum Gasteiger partial charge on any atom is -0.497 e. The standard InChI is InChI=1S/C73H54O2/c1-5-73(6-2)65-43-47(69-55-21-9-7-19-53(55)67(54-20-8-10-22-56(54)69)45-31-37-49(74-3)38-32-45)35-41-51(65)52-42-36-48(44-66(52)73)70-59-25-13-17-29-63(59)72(64-30-18-14-26-60(64)70)71-61-27-15-11-23-57(61)68(58-24-12-16-28-62(58)71)46-33-39-50(75-4)40-34-46/h7-44H,5-6H2,1-4H3. The van der Waals surface area contributed by atoms with Crippen LogP contribution in [0.5, 0.6) is 11.5 Å². The summed E-state index contributed by atoms with van der Waals surface area (Å²) in [5, 5.41) is 15.0. The van der Waals surface area contributed by atoms with Crippen LogP contribution in [0.1, 0.15) is 37.8 Å². The molecule has 13 aromatic rings. The van der Waals surface area contributed by atoms with Crippen LogP contribution >= 0.6 is 0 Å². The van der Waals surface area contributed by atoms with Crippen molar-refractivity contribution in [2.45, 2.75) is 32.1 Å². The molecule has 0 atom stereocenters. The van der Waals surface area contributed by atoms with Crippen LogP contribution in [-0.4, -0.2) is 14.2 Å². The number of fused-ring (bicyclic) bond motifs is 9. The maximum absolute atomic E-state index is 5.60. The van der Waals surface area contributed by atoms with E-state index >= 15 is 0 Å². The van der Waals surface area contributed by atoms with Crippen LogP contribution in [0.15, 0.2) is 231 Å². The molecule has 2 nitrogen and oxygen atoms in total. The molecule has 358 valence electrons. The Hall–Kier alpha value is -8.98. The van der Waals surface area contributed by atoms with Gasteiger partial charge in [0.2, 0.25) is 0 Å². The van der Waals surface area contributed by atoms with E-state index < -0.39 is 0 Å². The third kappa shape index (κ3) is 6.65. The lowest BCUT2D eigenvalue weighted by Crippen LogP contribution is -2.23. The smallest absolute Gasteiger partial charge is 0.118 e. The highest BCUT2D eigenvalue weighted by Crippen LogP contribution is 2.57. The predicted molar refractivity (Wildman–Crippen MR) is 319 cm³/mol. The number of hydrogen-bond donors (Lipinski definition) is 0. The molecule has 0 spiro atoms. The Morgan fingerprint density at radius 1 is 0.267 bits per heavy atom. The fourth-order valence-electron chi connectivity index (χ4n) is 13.5. The van der Waals surface area contributed by atoms with Crippen LogP contribution in [0.25, 0.3) is 131 Å². The van der Waals surface area contributed by atoms with E-state index in [-0.39, 0.29) is 5.41 Å². The van der Waals surface area contributed by atoms with Crippen molar-refractivity contribution in [3.8, 4) is 78.3 Å². The van der Waals surface area contributed by atoms with Gasteiger partial charge in [0.25, 0.3) is 0 Å². The van der Waals surface area contributed by atoms with Gasteiger partial charge in [-0.1, -0.05) is 208 Å². The highest BCUT2D eigenvalue weighted by molar-refractivity contribution is 6.30. The molecule has 0 aliphatic heterocycles. The summed E-state index contributed by atoms with van der Waals surface area (Å²) >= 11 is 0. The minimum absolute atomic E-state index is 0.180. The van der Waals surface area contributed by atoms with Gasteiger partial charge < -0.3 is 9.47 Å². The molecule has 0 saturated heterocycles. The van der Waals surface area contributed by atoms with E-state index in [1.807, 2.05) is 0 Å². The van der Waals surface area contributed by atoms with E-state index in [2.05, 4.69) is 244 Å². The van der Waals surface area contributed by atoms with Gasteiger partial charge in [-0.15, -0.1) is 0 Å². The van der Waals surface area contributed by atoms with Crippen molar-refractivity contribution < 1.29 is 9.47 Å². The van der Waals surface area contributed by atoms with Crippen molar-refractivity contribution >= 4 is 64.6 Å². The van der Waals surface area contributed by atoms with Gasteiger partial charge in [-0.05, 0) is 192 Å². The molecule has 0 N–H and O–H groups in total. The highest BCUT2D eigenvalue weighted by Gasteiger charge is 2.41. The highest BCUT2D eigenvalue weighted by atomic mass is 16.5. The Kier molecular flexibility index (Phi) is 10.5. The summed E-state index contributed by atoms with van der Waals surface area (Å²) in [4.78, 5) is 0. The summed E-state index contributed by atoms with van der Waals surface area (Å²) in [6, 6.07) is 86.0. The average Bonchev–Trinajstić information content (AvgIpc) is 3.79. The molecule has 0 radical (unpaired) electrons. The molecular formula is C73H54O2. The van der Waals surface area contributed by atoms with Crippen LogP contribution in [0, 0.1) is 0 Å². The second-order valence-corrected chi connectivity index (χ2v) is 20.3. The summed E-state index contributed by atoms with van der Waals surface area (Å²) in [6.45, 7) is 4.79. The zero-order valence-electron chi connectivity index (χ0n) is 42.7. The SMILES string of the molecule is CCC1(CC)c2cc(-c3c4ccccc4c(-c4ccc(OC)cc4)c4ccccc34)ccc2-c2ccc(-c3c4ccccc4c(-c4c5ccccc5c(-c5ccc(OC)cc5)c5ccccc45)c4ccccc34)cc21. The molecule has 2 heteroatoms. The largest absolute Gasteiger partial charge is 0.497 e. The van der Waals surface area contributed by atoms with Gasteiger partial charge in [0.15, 0.2) is 0 Å². The number of methoxy groups -OCH3 is 2. The summed E-state index contributed by atoms with van der Waals surface area (Å²) in [5.41, 5.74) is 17.8. The second kappa shape index (κ2) is 17.6. The van der Waals surface area contributed by atoms with E-state index in [1.165, 1.54) is 143 Å². The Bertz CT molecular complexity index is 4270. The van der Waals surface area contributed by atoms with Crippen LogP contribution in [0.4, 0.5) is 0 Å². The quantitative estimate of drug-likeness (QED) is 0.134. The number of benzene rings is 13. The molecule has 0 fully saturated rings. The zero-order chi connectivity index (χ0) is 50.4. The van der Waals surface area contributed by atoms with Gasteiger partial charge in [-0.2, -0.15) is 0 Å². The molecule has 14 rings (SSSR count). The molecule has 1 aliphatic rings. The lowest BCUT2D eigenvalue weighted by Gasteiger charge is -2.30. The molecule has 0 bridgehead atoms. The topological polar surface area (TPSA) is 18.5 Å². The Labute approximate surface area is 438 Å². The van der Waals surface area contributed by atoms with E-state index in [1.54, 1.807) is 14.2 Å². The number of ether oxygens (including phenoxy) is 2. The monoisotopic (exact) mass is 962 g/mol. The Morgan fingerprint density at radius 3 is 0.733 bits per heavy atom. The molecule has 0 saturated carbocycles. The van der Waals surface area contributed by atoms with Gasteiger partial charge >= 0.3 is 0 Å². The van der Waals surface area contributed by atoms with Crippen molar-refractivity contribution in [2.24, 2.45) is 0 Å². The van der Waals surface area contributed by atoms with Crippen molar-refractivity contribution in [1.82, 2.24) is 0 Å². The maximum atomic E-state index is 5.60. The fraction of sp³-hybridized carbons (Fsp3) is 0.0959. The lowest BCUT2D eigenvalue weighted by atomic mass is 9.72. The Balaban J connectivity index is 0.962. The predicted octanol–water partition coefficient (Wildman–Crippen LogP) is 20.0. The summed E-state index contributed by atoms with van der Waals surface area (Å²) in [7, 11) is 3.45. The molecular weight excluding hydrogens is 909 g/mol. The molecule has 0 heterocycles. The summed E-state index contributed by atoms with van der Waals surface area (Å²) in [5.74, 6) is 1.71. The first-order chi connectivity index (χ1) is 37.0. The summed E-state index contributed by atoms with van der Waals surface area (Å²) < 4.78 is 11.2. The van der Waals surface area contributed by atoms with Crippen LogP contribution in [0.2, 0.25) is 0 Å². The molecule has 13 aromatic carbocycles. The van der Waals surface area contributed by atoms with Crippen molar-refractivity contribution in [1.29, 1.82) is 0 Å². The fourth-order valence-corrected chi connectivity index (χ4v) is 13.5. The van der Waals surface area contributed by atoms with Gasteiger partial charge in [-0.25, -0.2) is 0 Å². The van der Waals surface area contributed by atoms with Crippen LogP contribution in [0.3, 0.4) is 0 Å². The lowest BCUT2D eigenvalue weighted by molar-refractivity contribution is 0.415. The zero-order valence-corrected chi connectivity index (χ0v) is 42.7.